The quantitative estimate of drug-likeness (QED) is 0.392. The van der Waals surface area contributed by atoms with Gasteiger partial charge in [-0.3, -0.25) is 14.9 Å². The molecule has 1 amide bonds. The van der Waals surface area contributed by atoms with Crippen LogP contribution in [0.4, 0.5) is 5.69 Å². The van der Waals surface area contributed by atoms with Crippen molar-refractivity contribution in [1.82, 2.24) is 15.5 Å². The van der Waals surface area contributed by atoms with Gasteiger partial charge in [0.2, 0.25) is 17.6 Å². The summed E-state index contributed by atoms with van der Waals surface area (Å²) >= 11 is 0. The lowest BCUT2D eigenvalue weighted by molar-refractivity contribution is -0.384. The Labute approximate surface area is 154 Å². The van der Waals surface area contributed by atoms with Crippen LogP contribution in [0.15, 0.2) is 65.2 Å². The van der Waals surface area contributed by atoms with Crippen LogP contribution in [0.1, 0.15) is 11.5 Å². The van der Waals surface area contributed by atoms with E-state index < -0.39 is 4.92 Å². The van der Waals surface area contributed by atoms with Gasteiger partial charge in [-0.25, -0.2) is 0 Å². The summed E-state index contributed by atoms with van der Waals surface area (Å²) in [6.07, 6.45) is 3.57. The van der Waals surface area contributed by atoms with E-state index in [-0.39, 0.29) is 11.6 Å². The summed E-state index contributed by atoms with van der Waals surface area (Å²) in [4.78, 5) is 26.2. The third kappa shape index (κ3) is 5.08. The molecule has 0 radical (unpaired) electrons. The fraction of sp³-hybridized carbons (Fsp3) is 0.105. The third-order valence-electron chi connectivity index (χ3n) is 3.67. The molecule has 1 N–H and O–H groups in total. The fourth-order valence-corrected chi connectivity index (χ4v) is 2.29. The van der Waals surface area contributed by atoms with E-state index in [1.165, 1.54) is 18.2 Å². The largest absolute Gasteiger partial charge is 0.352 e. The number of rotatable bonds is 7. The standard InChI is InChI=1S/C19H16N4O4/c24-17(11-6-14-4-2-1-3-5-14)20-13-12-18-21-19(22-27-18)15-7-9-16(10-8-15)23(25)26/h1-11H,12-13H2,(H,20,24)/b11-6+. The lowest BCUT2D eigenvalue weighted by Gasteiger charge is -1.98. The Kier molecular flexibility index (Phi) is 5.68. The summed E-state index contributed by atoms with van der Waals surface area (Å²) in [5, 5.41) is 17.3. The van der Waals surface area contributed by atoms with Crippen LogP contribution in [0.3, 0.4) is 0 Å². The van der Waals surface area contributed by atoms with Gasteiger partial charge >= 0.3 is 0 Å². The van der Waals surface area contributed by atoms with Crippen LogP contribution in [0.2, 0.25) is 0 Å². The number of amides is 1. The Balaban J connectivity index is 1.50. The molecule has 0 aliphatic rings. The van der Waals surface area contributed by atoms with Gasteiger partial charge in [0, 0.05) is 36.7 Å². The van der Waals surface area contributed by atoms with Gasteiger partial charge in [-0.1, -0.05) is 35.5 Å². The van der Waals surface area contributed by atoms with Crippen molar-refractivity contribution in [3.63, 3.8) is 0 Å². The smallest absolute Gasteiger partial charge is 0.269 e. The highest BCUT2D eigenvalue weighted by Crippen LogP contribution is 2.19. The van der Waals surface area contributed by atoms with Crippen LogP contribution in [0, 0.1) is 10.1 Å². The van der Waals surface area contributed by atoms with Gasteiger partial charge < -0.3 is 9.84 Å². The third-order valence-corrected chi connectivity index (χ3v) is 3.67. The predicted octanol–water partition coefficient (Wildman–Crippen LogP) is 3.02. The van der Waals surface area contributed by atoms with E-state index in [4.69, 9.17) is 4.52 Å². The van der Waals surface area contributed by atoms with Crippen molar-refractivity contribution >= 4 is 17.7 Å². The summed E-state index contributed by atoms with van der Waals surface area (Å²) in [6, 6.07) is 15.4. The first kappa shape index (κ1) is 18.0. The second kappa shape index (κ2) is 8.52. The second-order valence-corrected chi connectivity index (χ2v) is 5.60. The first-order valence-corrected chi connectivity index (χ1v) is 8.20. The number of nitro groups is 1. The molecule has 0 unspecified atom stereocenters. The molecule has 3 rings (SSSR count). The van der Waals surface area contributed by atoms with Crippen molar-refractivity contribution in [1.29, 1.82) is 0 Å². The highest BCUT2D eigenvalue weighted by molar-refractivity contribution is 5.91. The molecule has 136 valence electrons. The number of nitrogens with zero attached hydrogens (tertiary/aromatic N) is 3. The van der Waals surface area contributed by atoms with Crippen LogP contribution in [-0.2, 0) is 11.2 Å². The highest BCUT2D eigenvalue weighted by Gasteiger charge is 2.11. The SMILES string of the molecule is O=C(/C=C/c1ccccc1)NCCc1nc(-c2ccc([N+](=O)[O-])cc2)no1. The topological polar surface area (TPSA) is 111 Å². The van der Waals surface area contributed by atoms with Gasteiger partial charge in [0.05, 0.1) is 4.92 Å². The first-order chi connectivity index (χ1) is 13.1. The molecule has 2 aromatic carbocycles. The summed E-state index contributed by atoms with van der Waals surface area (Å²) in [7, 11) is 0. The maximum absolute atomic E-state index is 11.8. The van der Waals surface area contributed by atoms with Crippen LogP contribution >= 0.6 is 0 Å². The number of benzene rings is 2. The molecule has 1 aromatic heterocycles. The zero-order valence-electron chi connectivity index (χ0n) is 14.2. The summed E-state index contributed by atoms with van der Waals surface area (Å²) in [5.41, 5.74) is 1.55. The summed E-state index contributed by atoms with van der Waals surface area (Å²) in [6.45, 7) is 0.347. The molecule has 0 aliphatic heterocycles. The number of non-ortho nitro benzene ring substituents is 1. The molecule has 1 heterocycles. The number of aromatic nitrogens is 2. The lowest BCUT2D eigenvalue weighted by atomic mass is 10.2. The van der Waals surface area contributed by atoms with E-state index in [1.54, 1.807) is 18.2 Å². The van der Waals surface area contributed by atoms with Gasteiger partial charge in [-0.2, -0.15) is 4.98 Å². The minimum Gasteiger partial charge on any atom is -0.352 e. The van der Waals surface area contributed by atoms with E-state index in [9.17, 15) is 14.9 Å². The van der Waals surface area contributed by atoms with Crippen LogP contribution < -0.4 is 5.32 Å². The van der Waals surface area contributed by atoms with Gasteiger partial charge in [-0.15, -0.1) is 0 Å². The summed E-state index contributed by atoms with van der Waals surface area (Å²) < 4.78 is 5.14. The van der Waals surface area contributed by atoms with Crippen molar-refractivity contribution in [2.45, 2.75) is 6.42 Å². The molecule has 3 aromatic rings. The van der Waals surface area contributed by atoms with E-state index in [0.29, 0.717) is 30.2 Å². The highest BCUT2D eigenvalue weighted by atomic mass is 16.6. The molecule has 0 spiro atoms. The Morgan fingerprint density at radius 3 is 2.59 bits per heavy atom. The van der Waals surface area contributed by atoms with Crippen molar-refractivity contribution in [3.05, 3.63) is 82.2 Å². The lowest BCUT2D eigenvalue weighted by Crippen LogP contribution is -2.23. The minimum absolute atomic E-state index is 0.00580. The molecule has 0 saturated carbocycles. The number of carbonyl (C=O) groups is 1. The molecular formula is C19H16N4O4. The monoisotopic (exact) mass is 364 g/mol. The van der Waals surface area contributed by atoms with Crippen LogP contribution in [-0.4, -0.2) is 27.5 Å². The van der Waals surface area contributed by atoms with E-state index in [1.807, 2.05) is 30.3 Å². The second-order valence-electron chi connectivity index (χ2n) is 5.60. The van der Waals surface area contributed by atoms with Crippen molar-refractivity contribution < 1.29 is 14.2 Å². The first-order valence-electron chi connectivity index (χ1n) is 8.20. The Morgan fingerprint density at radius 1 is 1.15 bits per heavy atom. The Bertz CT molecular complexity index is 949. The van der Waals surface area contributed by atoms with Gasteiger partial charge in [-0.05, 0) is 23.8 Å². The number of carbonyl (C=O) groups excluding carboxylic acids is 1. The molecule has 0 atom stereocenters. The maximum atomic E-state index is 11.8. The fourth-order valence-electron chi connectivity index (χ4n) is 2.29. The number of hydrogen-bond acceptors (Lipinski definition) is 6. The molecule has 0 saturated heterocycles. The van der Waals surface area contributed by atoms with Gasteiger partial charge in [0.1, 0.15) is 0 Å². The van der Waals surface area contributed by atoms with Gasteiger partial charge in [0.15, 0.2) is 0 Å². The molecule has 8 nitrogen and oxygen atoms in total. The molecule has 27 heavy (non-hydrogen) atoms. The maximum Gasteiger partial charge on any atom is 0.269 e. The Hall–Kier alpha value is -3.81. The average molecular weight is 364 g/mol. The molecule has 8 heteroatoms. The normalized spacial score (nSPS) is 10.8. The molecule has 0 aliphatic carbocycles. The average Bonchev–Trinajstić information content (AvgIpc) is 3.16. The Morgan fingerprint density at radius 2 is 1.89 bits per heavy atom. The van der Waals surface area contributed by atoms with E-state index in [2.05, 4.69) is 15.5 Å². The summed E-state index contributed by atoms with van der Waals surface area (Å²) in [5.74, 6) is 0.500. The van der Waals surface area contributed by atoms with Crippen LogP contribution in [0.25, 0.3) is 17.5 Å². The van der Waals surface area contributed by atoms with Crippen molar-refractivity contribution in [2.75, 3.05) is 6.54 Å². The van der Waals surface area contributed by atoms with E-state index in [0.717, 1.165) is 5.56 Å². The van der Waals surface area contributed by atoms with Crippen molar-refractivity contribution in [3.8, 4) is 11.4 Å². The minimum atomic E-state index is -0.472. The predicted molar refractivity (Wildman–Crippen MR) is 98.6 cm³/mol. The molecule has 0 fully saturated rings. The zero-order chi connectivity index (χ0) is 19.1. The number of nitro benzene ring substituents is 1. The molecular weight excluding hydrogens is 348 g/mol. The van der Waals surface area contributed by atoms with Crippen molar-refractivity contribution in [2.24, 2.45) is 0 Å². The van der Waals surface area contributed by atoms with E-state index >= 15 is 0 Å². The number of hydrogen-bond donors (Lipinski definition) is 1. The van der Waals surface area contributed by atoms with Gasteiger partial charge in [0.25, 0.3) is 5.69 Å². The number of nitrogens with one attached hydrogen (secondary N) is 1. The molecule has 0 bridgehead atoms. The zero-order valence-corrected chi connectivity index (χ0v) is 14.2. The van der Waals surface area contributed by atoms with Crippen LogP contribution in [0.5, 0.6) is 0 Å².